The van der Waals surface area contributed by atoms with E-state index >= 15 is 0 Å². The van der Waals surface area contributed by atoms with Gasteiger partial charge >= 0.3 is 0 Å². The minimum atomic E-state index is -0.752. The standard InChI is InChI=1S/C10H10N2O3/c1-11-10(15)9(14)6-8(13)7-2-4-12-5-3-7/h2-5H,6H2,1H3,(H,11,15). The highest BCUT2D eigenvalue weighted by Crippen LogP contribution is 2.01. The molecular weight excluding hydrogens is 196 g/mol. The van der Waals surface area contributed by atoms with Crippen LogP contribution >= 0.6 is 0 Å². The Balaban J connectivity index is 2.65. The minimum Gasteiger partial charge on any atom is -0.353 e. The number of pyridine rings is 1. The predicted octanol–water partition coefficient (Wildman–Crippen LogP) is -0.0305. The van der Waals surface area contributed by atoms with Gasteiger partial charge in [0, 0.05) is 25.0 Å². The van der Waals surface area contributed by atoms with E-state index in [1.54, 1.807) is 0 Å². The highest BCUT2D eigenvalue weighted by molar-refractivity contribution is 6.40. The van der Waals surface area contributed by atoms with Crippen molar-refractivity contribution >= 4 is 17.5 Å². The molecule has 0 fully saturated rings. The van der Waals surface area contributed by atoms with Crippen molar-refractivity contribution in [3.63, 3.8) is 0 Å². The molecule has 15 heavy (non-hydrogen) atoms. The summed E-state index contributed by atoms with van der Waals surface area (Å²) in [5.74, 6) is -1.87. The number of Topliss-reactive ketones (excluding diaryl/α,β-unsaturated/α-hetero) is 2. The van der Waals surface area contributed by atoms with E-state index in [-0.39, 0.29) is 5.78 Å². The number of hydrogen-bond acceptors (Lipinski definition) is 4. The first kappa shape index (κ1) is 11.0. The highest BCUT2D eigenvalue weighted by atomic mass is 16.2. The van der Waals surface area contributed by atoms with Crippen molar-refractivity contribution in [1.29, 1.82) is 0 Å². The Labute approximate surface area is 86.5 Å². The Morgan fingerprint density at radius 3 is 2.40 bits per heavy atom. The third-order valence-electron chi connectivity index (χ3n) is 1.80. The van der Waals surface area contributed by atoms with Crippen LogP contribution < -0.4 is 5.32 Å². The van der Waals surface area contributed by atoms with Crippen LogP contribution in [0.2, 0.25) is 0 Å². The molecule has 1 amide bonds. The fourth-order valence-electron chi connectivity index (χ4n) is 1.01. The molecule has 0 radical (unpaired) electrons. The van der Waals surface area contributed by atoms with E-state index in [9.17, 15) is 14.4 Å². The largest absolute Gasteiger partial charge is 0.353 e. The van der Waals surface area contributed by atoms with Gasteiger partial charge in [-0.1, -0.05) is 0 Å². The maximum absolute atomic E-state index is 11.4. The van der Waals surface area contributed by atoms with Gasteiger partial charge in [-0.25, -0.2) is 0 Å². The Morgan fingerprint density at radius 1 is 1.27 bits per heavy atom. The van der Waals surface area contributed by atoms with Crippen molar-refractivity contribution in [2.45, 2.75) is 6.42 Å². The Bertz CT molecular complexity index is 387. The molecule has 78 valence electrons. The zero-order valence-corrected chi connectivity index (χ0v) is 8.19. The lowest BCUT2D eigenvalue weighted by Crippen LogP contribution is -2.29. The summed E-state index contributed by atoms with van der Waals surface area (Å²) in [4.78, 5) is 37.2. The SMILES string of the molecule is CNC(=O)C(=O)CC(=O)c1ccncc1. The Kier molecular flexibility index (Phi) is 3.68. The summed E-state index contributed by atoms with van der Waals surface area (Å²) >= 11 is 0. The number of nitrogens with one attached hydrogen (secondary N) is 1. The zero-order chi connectivity index (χ0) is 11.3. The molecule has 0 bridgehead atoms. The van der Waals surface area contributed by atoms with Crippen molar-refractivity contribution < 1.29 is 14.4 Å². The first-order valence-corrected chi connectivity index (χ1v) is 4.33. The molecule has 1 rings (SSSR count). The summed E-state index contributed by atoms with van der Waals surface area (Å²) in [6, 6.07) is 3.00. The quantitative estimate of drug-likeness (QED) is 0.426. The normalized spacial score (nSPS) is 9.40. The lowest BCUT2D eigenvalue weighted by atomic mass is 10.1. The van der Waals surface area contributed by atoms with Gasteiger partial charge in [0.05, 0.1) is 6.42 Å². The van der Waals surface area contributed by atoms with E-state index in [1.165, 1.54) is 31.6 Å². The molecule has 0 aliphatic heterocycles. The second-order valence-electron chi connectivity index (χ2n) is 2.84. The zero-order valence-electron chi connectivity index (χ0n) is 8.19. The molecule has 0 atom stereocenters. The summed E-state index contributed by atoms with van der Waals surface area (Å²) in [5.41, 5.74) is 0.377. The predicted molar refractivity (Wildman–Crippen MR) is 52.3 cm³/mol. The van der Waals surface area contributed by atoms with E-state index in [2.05, 4.69) is 10.3 Å². The summed E-state index contributed by atoms with van der Waals surface area (Å²) < 4.78 is 0. The van der Waals surface area contributed by atoms with Gasteiger partial charge in [0.2, 0.25) is 5.78 Å². The van der Waals surface area contributed by atoms with Gasteiger partial charge in [-0.15, -0.1) is 0 Å². The molecule has 0 unspecified atom stereocenters. The highest BCUT2D eigenvalue weighted by Gasteiger charge is 2.17. The molecule has 0 saturated carbocycles. The van der Waals surface area contributed by atoms with Crippen LogP contribution in [-0.4, -0.2) is 29.5 Å². The first-order valence-electron chi connectivity index (χ1n) is 4.33. The molecule has 0 aliphatic carbocycles. The van der Waals surface area contributed by atoms with Crippen molar-refractivity contribution in [3.05, 3.63) is 30.1 Å². The average molecular weight is 206 g/mol. The smallest absolute Gasteiger partial charge is 0.287 e. The van der Waals surface area contributed by atoms with Gasteiger partial charge in [0.15, 0.2) is 5.78 Å². The van der Waals surface area contributed by atoms with Crippen LogP contribution in [0.15, 0.2) is 24.5 Å². The molecule has 1 N–H and O–H groups in total. The van der Waals surface area contributed by atoms with Crippen LogP contribution in [0, 0.1) is 0 Å². The number of hydrogen-bond donors (Lipinski definition) is 1. The topological polar surface area (TPSA) is 76.1 Å². The van der Waals surface area contributed by atoms with Gasteiger partial charge in [-0.3, -0.25) is 19.4 Å². The fourth-order valence-corrected chi connectivity index (χ4v) is 1.01. The van der Waals surface area contributed by atoms with E-state index in [1.807, 2.05) is 0 Å². The number of aromatic nitrogens is 1. The van der Waals surface area contributed by atoms with Gasteiger partial charge in [-0.05, 0) is 12.1 Å². The summed E-state index contributed by atoms with van der Waals surface area (Å²) in [6.45, 7) is 0. The molecule has 5 nitrogen and oxygen atoms in total. The number of nitrogens with zero attached hydrogens (tertiary/aromatic N) is 1. The van der Waals surface area contributed by atoms with Gasteiger partial charge in [0.25, 0.3) is 5.91 Å². The van der Waals surface area contributed by atoms with Crippen molar-refractivity contribution in [2.75, 3.05) is 7.05 Å². The second kappa shape index (κ2) is 4.99. The molecular formula is C10H10N2O3. The third-order valence-corrected chi connectivity index (χ3v) is 1.80. The lowest BCUT2D eigenvalue weighted by molar-refractivity contribution is -0.137. The molecule has 1 aromatic rings. The fraction of sp³-hybridized carbons (Fsp3) is 0.200. The number of rotatable bonds is 4. The molecule has 5 heteroatoms. The van der Waals surface area contributed by atoms with Crippen LogP contribution in [0.3, 0.4) is 0 Å². The Hall–Kier alpha value is -2.04. The maximum atomic E-state index is 11.4. The third kappa shape index (κ3) is 2.98. The average Bonchev–Trinajstić information content (AvgIpc) is 2.29. The molecule has 0 spiro atoms. The second-order valence-corrected chi connectivity index (χ2v) is 2.84. The van der Waals surface area contributed by atoms with Crippen molar-refractivity contribution in [3.8, 4) is 0 Å². The van der Waals surface area contributed by atoms with Gasteiger partial charge in [0.1, 0.15) is 0 Å². The van der Waals surface area contributed by atoms with E-state index in [4.69, 9.17) is 0 Å². The van der Waals surface area contributed by atoms with E-state index < -0.39 is 18.1 Å². The Morgan fingerprint density at radius 2 is 1.87 bits per heavy atom. The maximum Gasteiger partial charge on any atom is 0.287 e. The summed E-state index contributed by atoms with van der Waals surface area (Å²) in [6.07, 6.45) is 2.50. The number of ketones is 2. The van der Waals surface area contributed by atoms with E-state index in [0.29, 0.717) is 5.56 Å². The number of amides is 1. The number of carbonyl (C=O) groups excluding carboxylic acids is 3. The van der Waals surface area contributed by atoms with E-state index in [0.717, 1.165) is 0 Å². The first-order chi connectivity index (χ1) is 7.15. The van der Waals surface area contributed by atoms with Crippen molar-refractivity contribution in [1.82, 2.24) is 10.3 Å². The summed E-state index contributed by atoms with van der Waals surface area (Å²) in [5, 5.41) is 2.17. The molecule has 0 aromatic carbocycles. The molecule has 1 heterocycles. The van der Waals surface area contributed by atoms with Crippen LogP contribution in [-0.2, 0) is 9.59 Å². The molecule has 0 saturated heterocycles. The number of carbonyl (C=O) groups is 3. The monoisotopic (exact) mass is 206 g/mol. The van der Waals surface area contributed by atoms with Crippen LogP contribution in [0.1, 0.15) is 16.8 Å². The molecule has 0 aliphatic rings. The van der Waals surface area contributed by atoms with Crippen molar-refractivity contribution in [2.24, 2.45) is 0 Å². The van der Waals surface area contributed by atoms with Crippen LogP contribution in [0.25, 0.3) is 0 Å². The lowest BCUT2D eigenvalue weighted by Gasteiger charge is -1.99. The summed E-state index contributed by atoms with van der Waals surface area (Å²) in [7, 11) is 1.34. The van der Waals surface area contributed by atoms with Gasteiger partial charge < -0.3 is 5.32 Å². The number of likely N-dealkylation sites (N-methyl/N-ethyl adjacent to an activating group) is 1. The van der Waals surface area contributed by atoms with Gasteiger partial charge in [-0.2, -0.15) is 0 Å². The van der Waals surface area contributed by atoms with Crippen LogP contribution in [0.4, 0.5) is 0 Å². The van der Waals surface area contributed by atoms with Crippen LogP contribution in [0.5, 0.6) is 0 Å². The molecule has 1 aromatic heterocycles. The minimum absolute atomic E-state index is 0.377.